The van der Waals surface area contributed by atoms with Gasteiger partial charge >= 0.3 is 56.4 Å². The van der Waals surface area contributed by atoms with Gasteiger partial charge < -0.3 is 29.7 Å². The van der Waals surface area contributed by atoms with E-state index in [0.29, 0.717) is 0 Å². The number of unbranched alkanes of at least 4 members (excludes halogenated alkanes) is 24. The molecular formula is C42H74O6Sn. The third-order valence-corrected chi connectivity index (χ3v) is 9.18. The molecule has 0 amide bonds. The van der Waals surface area contributed by atoms with Gasteiger partial charge in [0.2, 0.25) is 0 Å². The van der Waals surface area contributed by atoms with Crippen molar-refractivity contribution < 1.29 is 29.7 Å². The summed E-state index contributed by atoms with van der Waals surface area (Å²) in [5.74, 6) is -2.73. The van der Waals surface area contributed by atoms with Crippen molar-refractivity contribution in [2.45, 2.75) is 213 Å². The van der Waals surface area contributed by atoms with Gasteiger partial charge in [0.05, 0.1) is 0 Å². The molecular weight excluding hydrogens is 719 g/mol. The van der Waals surface area contributed by atoms with E-state index in [9.17, 15) is 29.7 Å². The van der Waals surface area contributed by atoms with Gasteiger partial charge in [0.15, 0.2) is 0 Å². The van der Waals surface area contributed by atoms with Crippen molar-refractivity contribution in [3.05, 3.63) is 30.3 Å². The first-order valence-corrected chi connectivity index (χ1v) is 21.5. The molecule has 0 spiro atoms. The van der Waals surface area contributed by atoms with Crippen molar-refractivity contribution in [1.29, 1.82) is 0 Å². The third-order valence-electron chi connectivity index (χ3n) is 8.23. The first-order valence-electron chi connectivity index (χ1n) is 20.1. The molecule has 0 radical (unpaired) electrons. The fourth-order valence-electron chi connectivity index (χ4n) is 5.18. The van der Waals surface area contributed by atoms with Crippen LogP contribution in [0.5, 0.6) is 0 Å². The van der Waals surface area contributed by atoms with Crippen LogP contribution in [-0.4, -0.2) is 40.4 Å². The molecule has 1 aromatic carbocycles. The van der Waals surface area contributed by atoms with Gasteiger partial charge in [-0.25, -0.2) is 0 Å². The Balaban J connectivity index is -0.000000589. The second-order valence-electron chi connectivity index (χ2n) is 13.2. The maximum atomic E-state index is 10.1. The number of hydrogen-bond acceptors (Lipinski definition) is 6. The summed E-state index contributed by atoms with van der Waals surface area (Å²) in [4.78, 5) is 30.3. The zero-order valence-corrected chi connectivity index (χ0v) is 34.9. The van der Waals surface area contributed by atoms with Crippen LogP contribution in [0.4, 0.5) is 0 Å². The molecule has 0 bridgehead atoms. The molecule has 1 aromatic rings. The number of carbonyl (C=O) groups excluding carboxylic acids is 3. The number of hydrogen-bond donors (Lipinski definition) is 0. The molecule has 7 heteroatoms. The predicted octanol–water partition coefficient (Wildman–Crippen LogP) is 8.45. The number of carboxylic acids is 3. The van der Waals surface area contributed by atoms with Crippen molar-refractivity contribution in [2.24, 2.45) is 0 Å². The molecule has 0 aliphatic carbocycles. The van der Waals surface area contributed by atoms with Gasteiger partial charge in [-0.3, -0.25) is 0 Å². The maximum absolute atomic E-state index is 10.1. The van der Waals surface area contributed by atoms with E-state index >= 15 is 0 Å². The van der Waals surface area contributed by atoms with Crippen LogP contribution in [0.2, 0.25) is 0 Å². The van der Waals surface area contributed by atoms with E-state index in [0.717, 1.165) is 38.5 Å². The van der Waals surface area contributed by atoms with E-state index in [1.165, 1.54) is 161 Å². The number of carbonyl (C=O) groups is 3. The first kappa shape index (κ1) is 51.8. The van der Waals surface area contributed by atoms with Crippen molar-refractivity contribution >= 4 is 44.0 Å². The Morgan fingerprint density at radius 3 is 0.755 bits per heavy atom. The summed E-state index contributed by atoms with van der Waals surface area (Å²) in [5.41, 5.74) is 0. The predicted molar refractivity (Wildman–Crippen MR) is 202 cm³/mol. The van der Waals surface area contributed by atoms with Gasteiger partial charge in [0, 0.05) is 17.9 Å². The average Bonchev–Trinajstić information content (AvgIpc) is 3.07. The van der Waals surface area contributed by atoms with E-state index in [1.807, 2.05) is 6.07 Å². The molecule has 0 saturated carbocycles. The zero-order chi connectivity index (χ0) is 37.1. The van der Waals surface area contributed by atoms with E-state index in [-0.39, 0.29) is 19.3 Å². The van der Waals surface area contributed by atoms with Crippen LogP contribution in [0.3, 0.4) is 0 Å². The van der Waals surface area contributed by atoms with E-state index < -0.39 is 17.9 Å². The summed E-state index contributed by atoms with van der Waals surface area (Å²) in [6, 6.07) is 10.4. The van der Waals surface area contributed by atoms with Crippen molar-refractivity contribution in [3.8, 4) is 0 Å². The second-order valence-corrected chi connectivity index (χ2v) is 14.9. The van der Waals surface area contributed by atoms with Gasteiger partial charge in [-0.15, -0.1) is 0 Å². The van der Waals surface area contributed by atoms with Gasteiger partial charge in [-0.2, -0.15) is 0 Å². The molecule has 0 fully saturated rings. The van der Waals surface area contributed by atoms with Crippen LogP contribution in [0.1, 0.15) is 213 Å². The van der Waals surface area contributed by atoms with Crippen LogP contribution >= 0.6 is 0 Å². The summed E-state index contributed by atoms with van der Waals surface area (Å²) in [6.07, 6.45) is 33.5. The van der Waals surface area contributed by atoms with Crippen molar-refractivity contribution in [1.82, 2.24) is 0 Å². The fraction of sp³-hybridized carbons (Fsp3) is 0.786. The first-order chi connectivity index (χ1) is 23.7. The molecule has 0 unspecified atom stereocenters. The van der Waals surface area contributed by atoms with Crippen LogP contribution in [0, 0.1) is 0 Å². The van der Waals surface area contributed by atoms with Crippen molar-refractivity contribution in [3.63, 3.8) is 0 Å². The number of aliphatic carboxylic acids is 3. The van der Waals surface area contributed by atoms with Gasteiger partial charge in [0.25, 0.3) is 0 Å². The molecule has 0 aliphatic rings. The zero-order valence-electron chi connectivity index (χ0n) is 32.0. The number of benzene rings is 1. The number of carboxylic acid groups (broad SMARTS) is 3. The summed E-state index contributed by atoms with van der Waals surface area (Å²) in [6.45, 7) is 6.67. The SMILES string of the molecule is CCCCCCCCCCCC(=O)[O-].CCCCCCCCCCCC(=O)[O-].CCCCCCCCCCCC(=O)[O-].[Sn+3][c]1ccccc1. The summed E-state index contributed by atoms with van der Waals surface area (Å²) >= 11 is 1.49. The summed E-state index contributed by atoms with van der Waals surface area (Å²) < 4.78 is 1.41. The Bertz CT molecular complexity index is 726. The number of rotatable bonds is 30. The molecule has 0 aliphatic heterocycles. The van der Waals surface area contributed by atoms with Crippen LogP contribution in [-0.2, 0) is 14.4 Å². The topological polar surface area (TPSA) is 120 Å². The molecule has 49 heavy (non-hydrogen) atoms. The van der Waals surface area contributed by atoms with Gasteiger partial charge in [-0.1, -0.05) is 175 Å². The molecule has 1 rings (SSSR count). The summed E-state index contributed by atoms with van der Waals surface area (Å²) in [5, 5.41) is 30.3. The molecule has 0 atom stereocenters. The Morgan fingerprint density at radius 2 is 0.592 bits per heavy atom. The third kappa shape index (κ3) is 59.0. The van der Waals surface area contributed by atoms with Gasteiger partial charge in [-0.05, 0) is 38.5 Å². The minimum atomic E-state index is -0.909. The quantitative estimate of drug-likeness (QED) is 0.0570. The van der Waals surface area contributed by atoms with Crippen LogP contribution < -0.4 is 18.9 Å². The normalized spacial score (nSPS) is 10.1. The Labute approximate surface area is 316 Å². The molecule has 0 aromatic heterocycles. The summed E-state index contributed by atoms with van der Waals surface area (Å²) in [7, 11) is 0. The van der Waals surface area contributed by atoms with E-state index in [1.54, 1.807) is 0 Å². The minimum absolute atomic E-state index is 0.232. The van der Waals surface area contributed by atoms with E-state index in [4.69, 9.17) is 0 Å². The van der Waals surface area contributed by atoms with Crippen LogP contribution in [0.15, 0.2) is 30.3 Å². The molecule has 0 heterocycles. The molecule has 0 N–H and O–H groups in total. The average molecular weight is 794 g/mol. The van der Waals surface area contributed by atoms with E-state index in [2.05, 4.69) is 45.0 Å². The monoisotopic (exact) mass is 794 g/mol. The van der Waals surface area contributed by atoms with Crippen molar-refractivity contribution in [2.75, 3.05) is 0 Å². The molecule has 6 nitrogen and oxygen atoms in total. The molecule has 282 valence electrons. The second kappa shape index (κ2) is 46.4. The van der Waals surface area contributed by atoms with Gasteiger partial charge in [0.1, 0.15) is 0 Å². The molecule has 0 saturated heterocycles. The Hall–Kier alpha value is -1.57. The fourth-order valence-corrected chi connectivity index (χ4v) is 5.73. The Morgan fingerprint density at radius 1 is 0.388 bits per heavy atom. The standard InChI is InChI=1S/3C12H24O2.C6H5.Sn/c3*1-2-3-4-5-6-7-8-9-10-11-12(13)14;1-2-4-6-5-3-1;/h3*2-11H2,1H3,(H,13,14);1-5H;/q;;;;+3/p-3. The Kier molecular flexibility index (Phi) is 49.1. The van der Waals surface area contributed by atoms with Crippen LogP contribution in [0.25, 0.3) is 0 Å².